The molecule has 0 amide bonds. The highest BCUT2D eigenvalue weighted by Gasteiger charge is 2.35. The second-order valence-electron chi connectivity index (χ2n) is 6.96. The Morgan fingerprint density at radius 3 is 2.77 bits per heavy atom. The molecule has 0 saturated carbocycles. The molecule has 1 unspecified atom stereocenters. The van der Waals surface area contributed by atoms with Gasteiger partial charge in [-0.2, -0.15) is 0 Å². The molecule has 0 spiro atoms. The van der Waals surface area contributed by atoms with E-state index in [1.54, 1.807) is 5.56 Å². The number of aromatic nitrogens is 1. The van der Waals surface area contributed by atoms with E-state index in [2.05, 4.69) is 38.6 Å². The number of rotatable bonds is 2. The maximum absolute atomic E-state index is 3.52. The van der Waals surface area contributed by atoms with Crippen LogP contribution in [0.25, 0.3) is 10.9 Å². The Labute approximate surface area is 136 Å². The van der Waals surface area contributed by atoms with Crippen molar-refractivity contribution in [2.75, 3.05) is 29.7 Å². The lowest BCUT2D eigenvalue weighted by Crippen LogP contribution is -2.43. The normalized spacial score (nSPS) is 31.3. The summed E-state index contributed by atoms with van der Waals surface area (Å²) in [5, 5.41) is 1.48. The highest BCUT2D eigenvalue weighted by atomic mass is 32.2. The maximum atomic E-state index is 3.52. The van der Waals surface area contributed by atoms with Crippen LogP contribution in [0.2, 0.25) is 0 Å². The van der Waals surface area contributed by atoms with E-state index in [0.29, 0.717) is 6.04 Å². The summed E-state index contributed by atoms with van der Waals surface area (Å²) in [6.07, 6.45) is 7.71. The number of hydrogen-bond donors (Lipinski definition) is 1. The Balaban J connectivity index is 1.62. The first-order chi connectivity index (χ1) is 10.9. The molecule has 6 rings (SSSR count). The highest BCUT2D eigenvalue weighted by Crippen LogP contribution is 2.45. The number of anilines is 1. The lowest BCUT2D eigenvalue weighted by atomic mass is 9.80. The van der Waals surface area contributed by atoms with Crippen molar-refractivity contribution in [2.24, 2.45) is 5.92 Å². The van der Waals surface area contributed by atoms with Gasteiger partial charge in [0.05, 0.1) is 5.69 Å². The van der Waals surface area contributed by atoms with Crippen LogP contribution in [0.3, 0.4) is 0 Å². The number of H-pyrrole nitrogens is 1. The minimum atomic E-state index is 0.637. The van der Waals surface area contributed by atoms with Crippen LogP contribution in [0.5, 0.6) is 0 Å². The van der Waals surface area contributed by atoms with Gasteiger partial charge in [-0.05, 0) is 68.3 Å². The summed E-state index contributed by atoms with van der Waals surface area (Å²) in [7, 11) is 0. The molecule has 4 aliphatic rings. The van der Waals surface area contributed by atoms with E-state index >= 15 is 0 Å². The Morgan fingerprint density at radius 2 is 2.05 bits per heavy atom. The monoisotopic (exact) mass is 313 g/mol. The second-order valence-corrected chi connectivity index (χ2v) is 8.07. The van der Waals surface area contributed by atoms with E-state index in [4.69, 9.17) is 0 Å². The summed E-state index contributed by atoms with van der Waals surface area (Å²) in [4.78, 5) is 6.24. The number of nitrogens with zero attached hydrogens (tertiary/aromatic N) is 2. The van der Waals surface area contributed by atoms with Crippen molar-refractivity contribution in [3.8, 4) is 0 Å². The molecule has 2 aromatic rings. The van der Waals surface area contributed by atoms with Crippen molar-refractivity contribution < 1.29 is 0 Å². The summed E-state index contributed by atoms with van der Waals surface area (Å²) < 4.78 is 2.50. The van der Waals surface area contributed by atoms with E-state index in [9.17, 15) is 0 Å². The Hall–Kier alpha value is -1.13. The van der Waals surface area contributed by atoms with Gasteiger partial charge >= 0.3 is 0 Å². The average Bonchev–Trinajstić information content (AvgIpc) is 3.24. The predicted molar refractivity (Wildman–Crippen MR) is 94.4 cm³/mol. The molecule has 2 bridgehead atoms. The molecule has 1 aromatic carbocycles. The van der Waals surface area contributed by atoms with Gasteiger partial charge in [0.2, 0.25) is 0 Å². The molecule has 1 atom stereocenters. The fraction of sp³-hybridized carbons (Fsp3) is 0.556. The van der Waals surface area contributed by atoms with Gasteiger partial charge in [0.1, 0.15) is 0 Å². The molecule has 116 valence electrons. The van der Waals surface area contributed by atoms with Crippen LogP contribution in [0.15, 0.2) is 24.4 Å². The zero-order valence-electron chi connectivity index (χ0n) is 12.9. The Bertz CT molecular complexity index is 681. The predicted octanol–water partition coefficient (Wildman–Crippen LogP) is 4.18. The first kappa shape index (κ1) is 13.3. The number of hydrogen-bond acceptors (Lipinski definition) is 3. The van der Waals surface area contributed by atoms with Gasteiger partial charge in [-0.1, -0.05) is 12.1 Å². The minimum Gasteiger partial charge on any atom is -0.359 e. The first-order valence-electron chi connectivity index (χ1n) is 8.64. The van der Waals surface area contributed by atoms with Gasteiger partial charge in [0.15, 0.2) is 0 Å². The third kappa shape index (κ3) is 2.00. The smallest absolute Gasteiger partial charge is 0.0726 e. The summed E-state index contributed by atoms with van der Waals surface area (Å²) >= 11 is 1.99. The third-order valence-corrected chi connectivity index (χ3v) is 6.91. The molecule has 4 saturated heterocycles. The number of aromatic amines is 1. The standard InChI is InChI=1S/C18H23N3S/c1-3-14(16-11-13-5-8-20(16)9-6-13)18-15(4-1)19-12-17(18)21-7-2-10-22-21/h1,3-4,12-13,16,19H,2,5-11H2. The quantitative estimate of drug-likeness (QED) is 0.841. The second kappa shape index (κ2) is 5.20. The van der Waals surface area contributed by atoms with Gasteiger partial charge in [-0.3, -0.25) is 4.90 Å². The Morgan fingerprint density at radius 1 is 1.14 bits per heavy atom. The molecule has 4 heteroatoms. The number of nitrogens with one attached hydrogen (secondary N) is 1. The van der Waals surface area contributed by atoms with Crippen molar-refractivity contribution in [3.05, 3.63) is 30.0 Å². The van der Waals surface area contributed by atoms with Crippen molar-refractivity contribution >= 4 is 28.5 Å². The van der Waals surface area contributed by atoms with Crippen LogP contribution < -0.4 is 4.31 Å². The van der Waals surface area contributed by atoms with Gasteiger partial charge in [-0.25, -0.2) is 0 Å². The van der Waals surface area contributed by atoms with E-state index in [-0.39, 0.29) is 0 Å². The first-order valence-corrected chi connectivity index (χ1v) is 9.59. The Kier molecular flexibility index (Phi) is 3.15. The molecular weight excluding hydrogens is 290 g/mol. The molecule has 5 heterocycles. The van der Waals surface area contributed by atoms with Crippen LogP contribution in [0.1, 0.15) is 37.3 Å². The van der Waals surface area contributed by atoms with Crippen molar-refractivity contribution in [1.29, 1.82) is 0 Å². The molecule has 22 heavy (non-hydrogen) atoms. The molecule has 4 fully saturated rings. The fourth-order valence-electron chi connectivity index (χ4n) is 4.60. The maximum Gasteiger partial charge on any atom is 0.0726 e. The van der Waals surface area contributed by atoms with Crippen LogP contribution in [0, 0.1) is 5.92 Å². The van der Waals surface area contributed by atoms with Crippen LogP contribution in [-0.2, 0) is 0 Å². The summed E-state index contributed by atoms with van der Waals surface area (Å²) in [5.74, 6) is 2.21. The van der Waals surface area contributed by atoms with E-state index < -0.39 is 0 Å². The molecule has 1 aromatic heterocycles. The highest BCUT2D eigenvalue weighted by molar-refractivity contribution is 8.00. The largest absolute Gasteiger partial charge is 0.359 e. The fourth-order valence-corrected chi connectivity index (χ4v) is 5.62. The van der Waals surface area contributed by atoms with Gasteiger partial charge in [-0.15, -0.1) is 0 Å². The SMILES string of the molecule is c1cc(C2CC3CCN2CC3)c2c(N3CCCS3)c[nH]c2c1. The molecule has 4 aliphatic heterocycles. The molecule has 0 aliphatic carbocycles. The van der Waals surface area contributed by atoms with Crippen molar-refractivity contribution in [3.63, 3.8) is 0 Å². The molecule has 3 nitrogen and oxygen atoms in total. The van der Waals surface area contributed by atoms with Gasteiger partial charge < -0.3 is 9.29 Å². The van der Waals surface area contributed by atoms with Crippen LogP contribution >= 0.6 is 11.9 Å². The molecular formula is C18H23N3S. The van der Waals surface area contributed by atoms with Crippen LogP contribution in [0.4, 0.5) is 5.69 Å². The van der Waals surface area contributed by atoms with E-state index in [1.165, 1.54) is 67.7 Å². The summed E-state index contributed by atoms with van der Waals surface area (Å²) in [6, 6.07) is 7.49. The van der Waals surface area contributed by atoms with E-state index in [0.717, 1.165) is 5.92 Å². The summed E-state index contributed by atoms with van der Waals surface area (Å²) in [6.45, 7) is 3.77. The van der Waals surface area contributed by atoms with Gasteiger partial charge in [0.25, 0.3) is 0 Å². The average molecular weight is 313 g/mol. The zero-order chi connectivity index (χ0) is 14.5. The minimum absolute atomic E-state index is 0.637. The van der Waals surface area contributed by atoms with Crippen molar-refractivity contribution in [1.82, 2.24) is 9.88 Å². The number of fused-ring (bicyclic) bond motifs is 4. The lowest BCUT2D eigenvalue weighted by molar-refractivity contribution is 0.0498. The topological polar surface area (TPSA) is 22.3 Å². The third-order valence-electron chi connectivity index (χ3n) is 5.74. The summed E-state index contributed by atoms with van der Waals surface area (Å²) in [5.41, 5.74) is 4.28. The van der Waals surface area contributed by atoms with Crippen molar-refractivity contribution in [2.45, 2.75) is 31.7 Å². The molecule has 1 N–H and O–H groups in total. The molecule has 0 radical (unpaired) electrons. The van der Waals surface area contributed by atoms with Gasteiger partial charge in [0, 0.05) is 35.4 Å². The zero-order valence-corrected chi connectivity index (χ0v) is 13.7. The van der Waals surface area contributed by atoms with E-state index in [1.807, 2.05) is 11.9 Å². The number of benzene rings is 1. The van der Waals surface area contributed by atoms with Crippen LogP contribution in [-0.4, -0.2) is 35.3 Å². The lowest BCUT2D eigenvalue weighted by Gasteiger charge is -2.46. The number of piperidine rings is 3.